The summed E-state index contributed by atoms with van der Waals surface area (Å²) < 4.78 is 5.65. The van der Waals surface area contributed by atoms with Crippen LogP contribution in [-0.4, -0.2) is 48.9 Å². The van der Waals surface area contributed by atoms with Crippen LogP contribution in [0.1, 0.15) is 23.2 Å². The molecule has 4 nitrogen and oxygen atoms in total. The molecule has 0 aromatic carbocycles. The van der Waals surface area contributed by atoms with Crippen LogP contribution in [0.25, 0.3) is 0 Å². The minimum Gasteiger partial charge on any atom is -0.457 e. The molecule has 5 heteroatoms. The molecule has 1 aromatic rings. The van der Waals surface area contributed by atoms with E-state index < -0.39 is 0 Å². The Morgan fingerprint density at radius 1 is 1.65 bits per heavy atom. The number of hydrogen-bond acceptors (Lipinski definition) is 3. The number of nitrogens with zero attached hydrogens (tertiary/aromatic N) is 2. The Morgan fingerprint density at radius 3 is 3.00 bits per heavy atom. The van der Waals surface area contributed by atoms with Crippen LogP contribution in [-0.2, 0) is 0 Å². The van der Waals surface area contributed by atoms with Gasteiger partial charge in [0.05, 0.1) is 11.8 Å². The first-order valence-electron chi connectivity index (χ1n) is 5.78. The second kappa shape index (κ2) is 5.23. The third-order valence-electron chi connectivity index (χ3n) is 3.06. The van der Waals surface area contributed by atoms with E-state index in [2.05, 4.69) is 20.8 Å². The van der Waals surface area contributed by atoms with E-state index in [1.807, 2.05) is 19.0 Å². The molecule has 1 aliphatic rings. The van der Waals surface area contributed by atoms with Crippen LogP contribution in [0.5, 0.6) is 0 Å². The van der Waals surface area contributed by atoms with Crippen LogP contribution in [0.2, 0.25) is 0 Å². The lowest BCUT2D eigenvalue weighted by molar-refractivity contribution is 0.0714. The molecule has 0 saturated carbocycles. The van der Waals surface area contributed by atoms with E-state index in [1.54, 1.807) is 6.07 Å². The normalized spacial score (nSPS) is 20.2. The highest BCUT2D eigenvalue weighted by Crippen LogP contribution is 2.25. The molecule has 1 unspecified atom stereocenters. The minimum atomic E-state index is 0.0648. The Kier molecular flexibility index (Phi) is 3.89. The van der Waals surface area contributed by atoms with Crippen LogP contribution < -0.4 is 0 Å². The molecule has 94 valence electrons. The summed E-state index contributed by atoms with van der Waals surface area (Å²) >= 11 is 3.26. The topological polar surface area (TPSA) is 36.7 Å². The fourth-order valence-electron chi connectivity index (χ4n) is 2.32. The number of amides is 1. The van der Waals surface area contributed by atoms with Gasteiger partial charge in [-0.15, -0.1) is 0 Å². The molecule has 1 amide bonds. The molecule has 2 rings (SSSR count). The number of carbonyl (C=O) groups excluding carboxylic acids is 1. The average molecular weight is 301 g/mol. The van der Waals surface area contributed by atoms with Gasteiger partial charge in [-0.3, -0.25) is 4.79 Å². The van der Waals surface area contributed by atoms with E-state index >= 15 is 0 Å². The highest BCUT2D eigenvalue weighted by molar-refractivity contribution is 9.10. The SMILES string of the molecule is CN(C)CC1CCCN1C(=O)c1ccoc1Br. The number of halogens is 1. The zero-order chi connectivity index (χ0) is 12.4. The molecular formula is C12H17BrN2O2. The van der Waals surface area contributed by atoms with Gasteiger partial charge < -0.3 is 14.2 Å². The summed E-state index contributed by atoms with van der Waals surface area (Å²) in [6, 6.07) is 2.04. The highest BCUT2D eigenvalue weighted by atomic mass is 79.9. The first-order valence-corrected chi connectivity index (χ1v) is 6.57. The van der Waals surface area contributed by atoms with Crippen molar-refractivity contribution >= 4 is 21.8 Å². The molecule has 1 aromatic heterocycles. The van der Waals surface area contributed by atoms with E-state index in [4.69, 9.17) is 4.42 Å². The largest absolute Gasteiger partial charge is 0.457 e. The molecule has 0 radical (unpaired) electrons. The molecule has 1 aliphatic heterocycles. The van der Waals surface area contributed by atoms with Crippen molar-refractivity contribution in [2.24, 2.45) is 0 Å². The Morgan fingerprint density at radius 2 is 2.41 bits per heavy atom. The number of rotatable bonds is 3. The first kappa shape index (κ1) is 12.6. The number of carbonyl (C=O) groups is 1. The lowest BCUT2D eigenvalue weighted by Crippen LogP contribution is -2.41. The Bertz CT molecular complexity index is 403. The van der Waals surface area contributed by atoms with Crippen molar-refractivity contribution in [3.63, 3.8) is 0 Å². The molecule has 1 fully saturated rings. The van der Waals surface area contributed by atoms with E-state index in [0.29, 0.717) is 16.3 Å². The number of furan rings is 1. The lowest BCUT2D eigenvalue weighted by atomic mass is 10.2. The maximum atomic E-state index is 12.3. The lowest BCUT2D eigenvalue weighted by Gasteiger charge is -2.26. The molecule has 1 saturated heterocycles. The molecule has 1 atom stereocenters. The maximum absolute atomic E-state index is 12.3. The molecular weight excluding hydrogens is 284 g/mol. The van der Waals surface area contributed by atoms with E-state index in [-0.39, 0.29) is 5.91 Å². The predicted molar refractivity (Wildman–Crippen MR) is 69.0 cm³/mol. The van der Waals surface area contributed by atoms with E-state index in [1.165, 1.54) is 6.26 Å². The molecule has 0 aliphatic carbocycles. The summed E-state index contributed by atoms with van der Waals surface area (Å²) in [6.07, 6.45) is 3.70. The summed E-state index contributed by atoms with van der Waals surface area (Å²) in [4.78, 5) is 16.4. The smallest absolute Gasteiger partial charge is 0.258 e. The van der Waals surface area contributed by atoms with Gasteiger partial charge in [-0.2, -0.15) is 0 Å². The van der Waals surface area contributed by atoms with Gasteiger partial charge in [0, 0.05) is 19.1 Å². The van der Waals surface area contributed by atoms with Crippen LogP contribution in [0.15, 0.2) is 21.4 Å². The monoisotopic (exact) mass is 300 g/mol. The van der Waals surface area contributed by atoms with Gasteiger partial charge >= 0.3 is 0 Å². The van der Waals surface area contributed by atoms with Crippen molar-refractivity contribution in [2.45, 2.75) is 18.9 Å². The van der Waals surface area contributed by atoms with Gasteiger partial charge in [-0.05, 0) is 48.9 Å². The van der Waals surface area contributed by atoms with Gasteiger partial charge in [0.15, 0.2) is 4.67 Å². The Labute approximate surface area is 110 Å². The third-order valence-corrected chi connectivity index (χ3v) is 3.68. The zero-order valence-corrected chi connectivity index (χ0v) is 11.7. The number of hydrogen-bond donors (Lipinski definition) is 0. The fourth-order valence-corrected chi connectivity index (χ4v) is 2.72. The van der Waals surface area contributed by atoms with Crippen molar-refractivity contribution in [3.8, 4) is 0 Å². The molecule has 0 spiro atoms. The van der Waals surface area contributed by atoms with Crippen LogP contribution in [0, 0.1) is 0 Å². The summed E-state index contributed by atoms with van der Waals surface area (Å²) in [5.74, 6) is 0.0648. The summed E-state index contributed by atoms with van der Waals surface area (Å²) in [5.41, 5.74) is 0.621. The van der Waals surface area contributed by atoms with E-state index in [0.717, 1.165) is 25.9 Å². The van der Waals surface area contributed by atoms with Gasteiger partial charge in [0.25, 0.3) is 5.91 Å². The molecule has 0 N–H and O–H groups in total. The summed E-state index contributed by atoms with van der Waals surface area (Å²) in [6.45, 7) is 1.76. The Hall–Kier alpha value is -0.810. The quantitative estimate of drug-likeness (QED) is 0.859. The minimum absolute atomic E-state index is 0.0648. The maximum Gasteiger partial charge on any atom is 0.258 e. The van der Waals surface area contributed by atoms with Crippen molar-refractivity contribution in [1.82, 2.24) is 9.80 Å². The predicted octanol–water partition coefficient (Wildman–Crippen LogP) is 2.21. The van der Waals surface area contributed by atoms with Crippen molar-refractivity contribution in [1.29, 1.82) is 0 Å². The molecule has 0 bridgehead atoms. The second-order valence-corrected chi connectivity index (χ2v) is 5.39. The number of likely N-dealkylation sites (N-methyl/N-ethyl adjacent to an activating group) is 1. The second-order valence-electron chi connectivity index (χ2n) is 4.66. The fraction of sp³-hybridized carbons (Fsp3) is 0.583. The number of likely N-dealkylation sites (tertiary alicyclic amines) is 1. The van der Waals surface area contributed by atoms with Crippen molar-refractivity contribution in [2.75, 3.05) is 27.2 Å². The Balaban J connectivity index is 2.11. The van der Waals surface area contributed by atoms with Crippen LogP contribution >= 0.6 is 15.9 Å². The summed E-state index contributed by atoms with van der Waals surface area (Å²) in [7, 11) is 4.07. The molecule has 17 heavy (non-hydrogen) atoms. The molecule has 2 heterocycles. The third kappa shape index (κ3) is 2.72. The van der Waals surface area contributed by atoms with Crippen molar-refractivity contribution < 1.29 is 9.21 Å². The van der Waals surface area contributed by atoms with Crippen molar-refractivity contribution in [3.05, 3.63) is 22.6 Å². The van der Waals surface area contributed by atoms with E-state index in [9.17, 15) is 4.79 Å². The van der Waals surface area contributed by atoms with Gasteiger partial charge in [-0.1, -0.05) is 0 Å². The van der Waals surface area contributed by atoms with Gasteiger partial charge in [0.1, 0.15) is 0 Å². The average Bonchev–Trinajstić information content (AvgIpc) is 2.85. The first-order chi connectivity index (χ1) is 8.09. The zero-order valence-electron chi connectivity index (χ0n) is 10.1. The highest BCUT2D eigenvalue weighted by Gasteiger charge is 2.31. The van der Waals surface area contributed by atoms with Crippen LogP contribution in [0.3, 0.4) is 0 Å². The summed E-state index contributed by atoms with van der Waals surface area (Å²) in [5, 5.41) is 0. The van der Waals surface area contributed by atoms with Crippen LogP contribution in [0.4, 0.5) is 0 Å². The standard InChI is InChI=1S/C12H17BrN2O2/c1-14(2)8-9-4-3-6-15(9)12(16)10-5-7-17-11(10)13/h5,7,9H,3-4,6,8H2,1-2H3. The van der Waals surface area contributed by atoms with Gasteiger partial charge in [-0.25, -0.2) is 0 Å². The van der Waals surface area contributed by atoms with Gasteiger partial charge in [0.2, 0.25) is 0 Å².